The molecule has 0 bridgehead atoms. The predicted molar refractivity (Wildman–Crippen MR) is 129 cm³/mol. The Kier molecular flexibility index (Phi) is 9.03. The Labute approximate surface area is 204 Å². The number of hydrogen-bond donors (Lipinski definition) is 2. The molecule has 0 aromatic heterocycles. The van der Waals surface area contributed by atoms with Crippen molar-refractivity contribution in [3.63, 3.8) is 0 Å². The second-order valence-corrected chi connectivity index (χ2v) is 9.73. The monoisotopic (exact) mass is 491 g/mol. The van der Waals surface area contributed by atoms with Crippen LogP contribution in [0.2, 0.25) is 5.02 Å². The van der Waals surface area contributed by atoms with Gasteiger partial charge >= 0.3 is 0 Å². The lowest BCUT2D eigenvalue weighted by molar-refractivity contribution is -0.127. The molecular formula is C26H32ClF2N3O2. The summed E-state index contributed by atoms with van der Waals surface area (Å²) in [7, 11) is 4.20. The Balaban J connectivity index is 1.41. The molecule has 1 fully saturated rings. The summed E-state index contributed by atoms with van der Waals surface area (Å²) in [5, 5.41) is 6.43. The van der Waals surface area contributed by atoms with E-state index in [0.717, 1.165) is 49.3 Å². The van der Waals surface area contributed by atoms with Gasteiger partial charge in [-0.05, 0) is 81.6 Å². The minimum atomic E-state index is -0.954. The smallest absolute Gasteiger partial charge is 0.220 e. The molecule has 34 heavy (non-hydrogen) atoms. The first-order valence-corrected chi connectivity index (χ1v) is 12.0. The maximum atomic E-state index is 13.2. The standard InChI is InChI=1S/C26H32ClF2N3O2/c1-32(2)26(16-18-4-3-5-20(27)14-18)12-10-21(11-13-26)31-25(34)9-8-24(33)30-17-19-6-7-22(28)23(29)15-19/h3-7,14-15,21H,8-13,16-17H2,1-2H3,(H,30,33)(H,31,34). The number of amides is 2. The molecular weight excluding hydrogens is 460 g/mol. The van der Waals surface area contributed by atoms with Crippen LogP contribution in [0, 0.1) is 11.6 Å². The van der Waals surface area contributed by atoms with E-state index in [9.17, 15) is 18.4 Å². The van der Waals surface area contributed by atoms with Crippen LogP contribution in [-0.4, -0.2) is 42.4 Å². The maximum Gasteiger partial charge on any atom is 0.220 e. The fourth-order valence-electron chi connectivity index (χ4n) is 4.57. The minimum Gasteiger partial charge on any atom is -0.353 e. The zero-order valence-electron chi connectivity index (χ0n) is 19.7. The van der Waals surface area contributed by atoms with Crippen LogP contribution >= 0.6 is 11.6 Å². The number of likely N-dealkylation sites (N-methyl/N-ethyl adjacent to an activating group) is 1. The summed E-state index contributed by atoms with van der Waals surface area (Å²) in [4.78, 5) is 26.7. The van der Waals surface area contributed by atoms with Gasteiger partial charge in [0.2, 0.25) is 11.8 Å². The minimum absolute atomic E-state index is 0.0195. The van der Waals surface area contributed by atoms with Crippen molar-refractivity contribution in [3.05, 3.63) is 70.2 Å². The van der Waals surface area contributed by atoms with E-state index in [4.69, 9.17) is 11.6 Å². The molecule has 1 saturated carbocycles. The lowest BCUT2D eigenvalue weighted by atomic mass is 9.75. The normalized spacial score (nSPS) is 20.2. The van der Waals surface area contributed by atoms with E-state index in [0.29, 0.717) is 5.56 Å². The van der Waals surface area contributed by atoms with E-state index in [-0.39, 0.29) is 42.8 Å². The Bertz CT molecular complexity index is 1010. The highest BCUT2D eigenvalue weighted by Gasteiger charge is 2.37. The van der Waals surface area contributed by atoms with Gasteiger partial charge in [0.05, 0.1) is 0 Å². The predicted octanol–water partition coefficient (Wildman–Crippen LogP) is 4.62. The second-order valence-electron chi connectivity index (χ2n) is 9.29. The summed E-state index contributed by atoms with van der Waals surface area (Å²) >= 11 is 6.16. The number of carbonyl (C=O) groups excluding carboxylic acids is 2. The molecule has 0 spiro atoms. The molecule has 5 nitrogen and oxygen atoms in total. The van der Waals surface area contributed by atoms with Crippen LogP contribution in [0.25, 0.3) is 0 Å². The van der Waals surface area contributed by atoms with Gasteiger partial charge in [-0.25, -0.2) is 8.78 Å². The van der Waals surface area contributed by atoms with Gasteiger partial charge in [0, 0.05) is 36.0 Å². The van der Waals surface area contributed by atoms with Gasteiger partial charge in [-0.3, -0.25) is 9.59 Å². The van der Waals surface area contributed by atoms with Crippen LogP contribution in [0.15, 0.2) is 42.5 Å². The Morgan fingerprint density at radius 1 is 1.00 bits per heavy atom. The molecule has 1 aliphatic carbocycles. The van der Waals surface area contributed by atoms with Crippen molar-refractivity contribution in [2.45, 2.75) is 63.1 Å². The third-order valence-corrected chi connectivity index (χ3v) is 6.94. The third-order valence-electron chi connectivity index (χ3n) is 6.71. The SMILES string of the molecule is CN(C)C1(Cc2cccc(Cl)c2)CCC(NC(=O)CCC(=O)NCc2ccc(F)c(F)c2)CC1. The highest BCUT2D eigenvalue weighted by atomic mass is 35.5. The molecule has 2 aromatic carbocycles. The van der Waals surface area contributed by atoms with Gasteiger partial charge in [0.1, 0.15) is 0 Å². The fourth-order valence-corrected chi connectivity index (χ4v) is 4.79. The van der Waals surface area contributed by atoms with Gasteiger partial charge in [-0.2, -0.15) is 0 Å². The Morgan fingerprint density at radius 2 is 1.71 bits per heavy atom. The van der Waals surface area contributed by atoms with E-state index >= 15 is 0 Å². The first-order valence-electron chi connectivity index (χ1n) is 11.6. The first-order chi connectivity index (χ1) is 16.2. The zero-order chi connectivity index (χ0) is 24.7. The van der Waals surface area contributed by atoms with E-state index in [2.05, 4.69) is 35.7 Å². The van der Waals surface area contributed by atoms with Crippen molar-refractivity contribution in [1.29, 1.82) is 0 Å². The molecule has 0 unspecified atom stereocenters. The lowest BCUT2D eigenvalue weighted by Gasteiger charge is -2.45. The molecule has 0 radical (unpaired) electrons. The third kappa shape index (κ3) is 7.24. The quantitative estimate of drug-likeness (QED) is 0.538. The topological polar surface area (TPSA) is 61.4 Å². The molecule has 0 saturated heterocycles. The molecule has 8 heteroatoms. The van der Waals surface area contributed by atoms with E-state index in [1.807, 2.05) is 18.2 Å². The van der Waals surface area contributed by atoms with Gasteiger partial charge < -0.3 is 15.5 Å². The van der Waals surface area contributed by atoms with Gasteiger partial charge in [0.25, 0.3) is 0 Å². The maximum absolute atomic E-state index is 13.2. The number of carbonyl (C=O) groups is 2. The van der Waals surface area contributed by atoms with Crippen LogP contribution in [0.1, 0.15) is 49.7 Å². The lowest BCUT2D eigenvalue weighted by Crippen LogP contribution is -2.52. The number of nitrogens with zero attached hydrogens (tertiary/aromatic N) is 1. The summed E-state index contributed by atoms with van der Waals surface area (Å²) < 4.78 is 26.2. The van der Waals surface area contributed by atoms with Crippen LogP contribution in [-0.2, 0) is 22.6 Å². The summed E-state index contributed by atoms with van der Waals surface area (Å²) in [6.07, 6.45) is 4.66. The number of hydrogen-bond acceptors (Lipinski definition) is 3. The summed E-state index contributed by atoms with van der Waals surface area (Å²) in [5.41, 5.74) is 1.69. The number of nitrogens with one attached hydrogen (secondary N) is 2. The fraction of sp³-hybridized carbons (Fsp3) is 0.462. The molecule has 2 N–H and O–H groups in total. The van der Waals surface area contributed by atoms with Crippen LogP contribution in [0.3, 0.4) is 0 Å². The van der Waals surface area contributed by atoms with Crippen molar-refractivity contribution < 1.29 is 18.4 Å². The van der Waals surface area contributed by atoms with E-state index in [1.54, 1.807) is 0 Å². The highest BCUT2D eigenvalue weighted by molar-refractivity contribution is 6.30. The summed E-state index contributed by atoms with van der Waals surface area (Å²) in [6, 6.07) is 11.5. The molecule has 1 aliphatic rings. The van der Waals surface area contributed by atoms with Gasteiger partial charge in [-0.15, -0.1) is 0 Å². The van der Waals surface area contributed by atoms with Gasteiger partial charge in [0.15, 0.2) is 11.6 Å². The van der Waals surface area contributed by atoms with Gasteiger partial charge in [-0.1, -0.05) is 29.8 Å². The molecule has 0 heterocycles. The van der Waals surface area contributed by atoms with Crippen molar-refractivity contribution in [3.8, 4) is 0 Å². The summed E-state index contributed by atoms with van der Waals surface area (Å²) in [5.74, 6) is -2.34. The molecule has 3 rings (SSSR count). The van der Waals surface area contributed by atoms with Crippen molar-refractivity contribution in [2.24, 2.45) is 0 Å². The molecule has 0 aliphatic heterocycles. The largest absolute Gasteiger partial charge is 0.353 e. The Hall–Kier alpha value is -2.51. The number of halogens is 3. The van der Waals surface area contributed by atoms with Crippen LogP contribution < -0.4 is 10.6 Å². The van der Waals surface area contributed by atoms with Crippen molar-refractivity contribution in [2.75, 3.05) is 14.1 Å². The van der Waals surface area contributed by atoms with Crippen LogP contribution in [0.5, 0.6) is 0 Å². The highest BCUT2D eigenvalue weighted by Crippen LogP contribution is 2.36. The molecule has 0 atom stereocenters. The zero-order valence-corrected chi connectivity index (χ0v) is 20.4. The van der Waals surface area contributed by atoms with Crippen LogP contribution in [0.4, 0.5) is 8.78 Å². The number of rotatable bonds is 9. The second kappa shape index (κ2) is 11.8. The van der Waals surface area contributed by atoms with Crippen molar-refractivity contribution in [1.82, 2.24) is 15.5 Å². The average molecular weight is 492 g/mol. The average Bonchev–Trinajstić information content (AvgIpc) is 2.80. The first kappa shape index (κ1) is 26.1. The summed E-state index contributed by atoms with van der Waals surface area (Å²) in [6.45, 7) is 0.0829. The van der Waals surface area contributed by atoms with Crippen molar-refractivity contribution >= 4 is 23.4 Å². The molecule has 2 amide bonds. The van der Waals surface area contributed by atoms with E-state index < -0.39 is 11.6 Å². The Morgan fingerprint density at radius 3 is 2.35 bits per heavy atom. The number of benzene rings is 2. The molecule has 2 aromatic rings. The van der Waals surface area contributed by atoms with E-state index in [1.165, 1.54) is 11.6 Å². The molecule has 184 valence electrons.